The van der Waals surface area contributed by atoms with Crippen molar-refractivity contribution in [3.8, 4) is 0 Å². The average Bonchev–Trinajstić information content (AvgIpc) is 2.38. The fourth-order valence-electron chi connectivity index (χ4n) is 2.44. The Morgan fingerprint density at radius 3 is 2.82 bits per heavy atom. The smallest absolute Gasteiger partial charge is 0.220 e. The van der Waals surface area contributed by atoms with Crippen molar-refractivity contribution in [3.63, 3.8) is 0 Å². The summed E-state index contributed by atoms with van der Waals surface area (Å²) >= 11 is 1.88. The van der Waals surface area contributed by atoms with Crippen molar-refractivity contribution in [2.45, 2.75) is 37.5 Å². The molecule has 2 aliphatic rings. The standard InChI is InChI=1S/C11H22N2O2S2/c1-11(2)9-12-5-6-13(17(11,14)15)10-4-3-7-16-8-10/h10,12H,3-9H2,1-2H3. The second-order valence-corrected chi connectivity index (χ2v) is 9.10. The molecule has 0 bridgehead atoms. The van der Waals surface area contributed by atoms with E-state index in [-0.39, 0.29) is 6.04 Å². The van der Waals surface area contributed by atoms with E-state index in [1.54, 1.807) is 4.31 Å². The molecule has 0 amide bonds. The minimum absolute atomic E-state index is 0.206. The maximum Gasteiger partial charge on any atom is 0.220 e. The van der Waals surface area contributed by atoms with Gasteiger partial charge >= 0.3 is 0 Å². The van der Waals surface area contributed by atoms with Crippen LogP contribution in [0.1, 0.15) is 26.7 Å². The Morgan fingerprint density at radius 1 is 1.41 bits per heavy atom. The second kappa shape index (κ2) is 5.07. The first-order chi connectivity index (χ1) is 7.95. The van der Waals surface area contributed by atoms with Gasteiger partial charge in [-0.15, -0.1) is 0 Å². The predicted molar refractivity (Wildman–Crippen MR) is 72.9 cm³/mol. The van der Waals surface area contributed by atoms with Crippen molar-refractivity contribution >= 4 is 21.8 Å². The maximum absolute atomic E-state index is 12.6. The van der Waals surface area contributed by atoms with E-state index < -0.39 is 14.8 Å². The molecule has 0 aliphatic carbocycles. The number of hydrogen-bond donors (Lipinski definition) is 1. The molecule has 17 heavy (non-hydrogen) atoms. The van der Waals surface area contributed by atoms with E-state index in [1.165, 1.54) is 5.75 Å². The molecular formula is C11H22N2O2S2. The topological polar surface area (TPSA) is 49.4 Å². The molecule has 2 heterocycles. The number of thioether (sulfide) groups is 1. The van der Waals surface area contributed by atoms with Crippen LogP contribution >= 0.6 is 11.8 Å². The van der Waals surface area contributed by atoms with Gasteiger partial charge < -0.3 is 5.32 Å². The van der Waals surface area contributed by atoms with Crippen molar-refractivity contribution in [2.24, 2.45) is 0 Å². The minimum Gasteiger partial charge on any atom is -0.314 e. The predicted octanol–water partition coefficient (Wildman–Crippen LogP) is 0.896. The van der Waals surface area contributed by atoms with Crippen molar-refractivity contribution in [1.82, 2.24) is 9.62 Å². The van der Waals surface area contributed by atoms with Gasteiger partial charge in [-0.25, -0.2) is 8.42 Å². The van der Waals surface area contributed by atoms with Gasteiger partial charge in [0.15, 0.2) is 0 Å². The highest BCUT2D eigenvalue weighted by atomic mass is 32.2. The lowest BCUT2D eigenvalue weighted by Gasteiger charge is -2.36. The van der Waals surface area contributed by atoms with Gasteiger partial charge in [-0.1, -0.05) is 0 Å². The molecule has 6 heteroatoms. The van der Waals surface area contributed by atoms with Gasteiger partial charge in [-0.3, -0.25) is 0 Å². The normalized spacial score (nSPS) is 34.1. The Morgan fingerprint density at radius 2 is 2.18 bits per heavy atom. The number of rotatable bonds is 1. The number of hydrogen-bond acceptors (Lipinski definition) is 4. The first-order valence-electron chi connectivity index (χ1n) is 6.25. The quantitative estimate of drug-likeness (QED) is 0.774. The maximum atomic E-state index is 12.6. The third-order valence-corrected chi connectivity index (χ3v) is 7.45. The van der Waals surface area contributed by atoms with Gasteiger partial charge in [0, 0.05) is 31.4 Å². The van der Waals surface area contributed by atoms with Crippen LogP contribution in [0.25, 0.3) is 0 Å². The van der Waals surface area contributed by atoms with Gasteiger partial charge in [0.1, 0.15) is 0 Å². The molecular weight excluding hydrogens is 256 g/mol. The third kappa shape index (κ3) is 2.64. The first kappa shape index (κ1) is 13.6. The molecule has 1 atom stereocenters. The highest BCUT2D eigenvalue weighted by molar-refractivity contribution is 7.99. The molecule has 0 aromatic rings. The van der Waals surface area contributed by atoms with Crippen molar-refractivity contribution in [2.75, 3.05) is 31.1 Å². The average molecular weight is 278 g/mol. The molecule has 0 radical (unpaired) electrons. The van der Waals surface area contributed by atoms with Crippen LogP contribution in [0, 0.1) is 0 Å². The van der Waals surface area contributed by atoms with Crippen LogP contribution < -0.4 is 5.32 Å². The zero-order valence-corrected chi connectivity index (χ0v) is 12.2. The largest absolute Gasteiger partial charge is 0.314 e. The summed E-state index contributed by atoms with van der Waals surface area (Å²) in [6.07, 6.45) is 2.15. The summed E-state index contributed by atoms with van der Waals surface area (Å²) in [4.78, 5) is 0. The molecule has 0 aromatic carbocycles. The van der Waals surface area contributed by atoms with Crippen LogP contribution in [0.4, 0.5) is 0 Å². The van der Waals surface area contributed by atoms with Crippen molar-refractivity contribution in [1.29, 1.82) is 0 Å². The molecule has 0 aromatic heterocycles. The molecule has 2 aliphatic heterocycles. The highest BCUT2D eigenvalue weighted by Gasteiger charge is 2.43. The molecule has 2 rings (SSSR count). The van der Waals surface area contributed by atoms with E-state index in [1.807, 2.05) is 25.6 Å². The Balaban J connectivity index is 2.24. The van der Waals surface area contributed by atoms with Crippen LogP contribution in [0.15, 0.2) is 0 Å². The fourth-order valence-corrected chi connectivity index (χ4v) is 5.51. The van der Waals surface area contributed by atoms with Crippen molar-refractivity contribution < 1.29 is 8.42 Å². The minimum atomic E-state index is -3.18. The zero-order valence-electron chi connectivity index (χ0n) is 10.6. The van der Waals surface area contributed by atoms with Gasteiger partial charge in [-0.05, 0) is 32.4 Å². The lowest BCUT2D eigenvalue weighted by molar-refractivity contribution is 0.323. The lowest BCUT2D eigenvalue weighted by Crippen LogP contribution is -2.51. The van der Waals surface area contributed by atoms with Gasteiger partial charge in [0.2, 0.25) is 10.0 Å². The molecule has 100 valence electrons. The van der Waals surface area contributed by atoms with Crippen LogP contribution in [0.2, 0.25) is 0 Å². The summed E-state index contributed by atoms with van der Waals surface area (Å²) < 4.78 is 26.3. The summed E-state index contributed by atoms with van der Waals surface area (Å²) in [5.41, 5.74) is 0. The molecule has 1 unspecified atom stereocenters. The zero-order chi connectivity index (χ0) is 12.5. The number of sulfonamides is 1. The van der Waals surface area contributed by atoms with E-state index in [2.05, 4.69) is 5.32 Å². The monoisotopic (exact) mass is 278 g/mol. The van der Waals surface area contributed by atoms with Crippen molar-refractivity contribution in [3.05, 3.63) is 0 Å². The van der Waals surface area contributed by atoms with E-state index in [4.69, 9.17) is 0 Å². The molecule has 0 spiro atoms. The second-order valence-electron chi connectivity index (χ2n) is 5.42. The Bertz CT molecular complexity index is 362. The van der Waals surface area contributed by atoms with Crippen LogP contribution in [0.3, 0.4) is 0 Å². The summed E-state index contributed by atoms with van der Waals surface area (Å²) in [5.74, 6) is 2.13. The van der Waals surface area contributed by atoms with E-state index in [0.717, 1.165) is 25.1 Å². The van der Waals surface area contributed by atoms with Gasteiger partial charge in [-0.2, -0.15) is 16.1 Å². The molecule has 0 saturated carbocycles. The third-order valence-electron chi connectivity index (χ3n) is 3.61. The molecule has 4 nitrogen and oxygen atoms in total. The summed E-state index contributed by atoms with van der Waals surface area (Å²) in [6, 6.07) is 0.206. The van der Waals surface area contributed by atoms with Crippen LogP contribution in [-0.2, 0) is 10.0 Å². The number of nitrogens with zero attached hydrogens (tertiary/aromatic N) is 1. The fraction of sp³-hybridized carbons (Fsp3) is 1.00. The van der Waals surface area contributed by atoms with Crippen LogP contribution in [-0.4, -0.2) is 54.7 Å². The SMILES string of the molecule is CC1(C)CNCCN(C2CCCSC2)S1(=O)=O. The van der Waals surface area contributed by atoms with Crippen LogP contribution in [0.5, 0.6) is 0 Å². The molecule has 2 fully saturated rings. The van der Waals surface area contributed by atoms with E-state index in [9.17, 15) is 8.42 Å². The Kier molecular flexibility index (Phi) is 4.07. The summed E-state index contributed by atoms with van der Waals surface area (Å²) in [6.45, 7) is 5.58. The van der Waals surface area contributed by atoms with Gasteiger partial charge in [0.25, 0.3) is 0 Å². The Hall–Kier alpha value is 0.220. The van der Waals surface area contributed by atoms with E-state index in [0.29, 0.717) is 13.1 Å². The molecule has 1 N–H and O–H groups in total. The first-order valence-corrected chi connectivity index (χ1v) is 8.84. The molecule has 2 saturated heterocycles. The Labute approximate surface area is 109 Å². The highest BCUT2D eigenvalue weighted by Crippen LogP contribution is 2.29. The number of nitrogens with one attached hydrogen (secondary N) is 1. The van der Waals surface area contributed by atoms with E-state index >= 15 is 0 Å². The summed E-state index contributed by atoms with van der Waals surface area (Å²) in [7, 11) is -3.18. The lowest BCUT2D eigenvalue weighted by atomic mass is 10.2. The van der Waals surface area contributed by atoms with Gasteiger partial charge in [0.05, 0.1) is 4.75 Å². The summed E-state index contributed by atoms with van der Waals surface area (Å²) in [5, 5.41) is 3.23.